The maximum absolute atomic E-state index is 10.9. The third-order valence-electron chi connectivity index (χ3n) is 2.29. The Hall–Kier alpha value is -0.230. The number of halogens is 1. The van der Waals surface area contributed by atoms with Crippen molar-refractivity contribution in [2.24, 2.45) is 0 Å². The number of sulfone groups is 1. The fraction of sp³-hybridized carbons (Fsp3) is 0.500. The van der Waals surface area contributed by atoms with Crippen molar-refractivity contribution in [3.8, 4) is 0 Å². The van der Waals surface area contributed by atoms with Crippen molar-refractivity contribution >= 4 is 33.2 Å². The minimum Gasteiger partial charge on any atom is -0.315 e. The van der Waals surface area contributed by atoms with Gasteiger partial charge in [-0.15, -0.1) is 0 Å². The van der Waals surface area contributed by atoms with Gasteiger partial charge in [0.15, 0.2) is 0 Å². The van der Waals surface area contributed by atoms with Gasteiger partial charge in [-0.25, -0.2) is 8.42 Å². The molecule has 0 heterocycles. The maximum Gasteiger partial charge on any atom is 0.148 e. The summed E-state index contributed by atoms with van der Waals surface area (Å²) in [4.78, 5) is 0. The summed E-state index contributed by atoms with van der Waals surface area (Å²) in [6.45, 7) is 1.33. The van der Waals surface area contributed by atoms with Gasteiger partial charge in [-0.3, -0.25) is 0 Å². The van der Waals surface area contributed by atoms with E-state index in [4.69, 9.17) is 11.6 Å². The van der Waals surface area contributed by atoms with Gasteiger partial charge < -0.3 is 5.32 Å². The number of nitrogens with one attached hydrogen (secondary N) is 1. The van der Waals surface area contributed by atoms with E-state index in [-0.39, 0.29) is 5.75 Å². The standard InChI is InChI=1S/C12H18ClNO2S2/c1-18(15,16)9-7-14-6-8-17-10-11-4-2-3-5-12(11)13/h2-5,14H,6-10H2,1H3. The summed E-state index contributed by atoms with van der Waals surface area (Å²) in [5, 5.41) is 3.91. The lowest BCUT2D eigenvalue weighted by Crippen LogP contribution is -2.24. The fourth-order valence-corrected chi connectivity index (χ4v) is 3.03. The zero-order chi connectivity index (χ0) is 13.4. The van der Waals surface area contributed by atoms with Gasteiger partial charge in [0.2, 0.25) is 0 Å². The predicted molar refractivity (Wildman–Crippen MR) is 80.2 cm³/mol. The van der Waals surface area contributed by atoms with Gasteiger partial charge in [0.05, 0.1) is 5.75 Å². The molecule has 0 saturated heterocycles. The number of hydrogen-bond donors (Lipinski definition) is 1. The average Bonchev–Trinajstić information content (AvgIpc) is 2.28. The first kappa shape index (κ1) is 15.8. The second-order valence-electron chi connectivity index (χ2n) is 4.02. The summed E-state index contributed by atoms with van der Waals surface area (Å²) < 4.78 is 21.8. The Morgan fingerprint density at radius 2 is 2.00 bits per heavy atom. The number of benzene rings is 1. The zero-order valence-corrected chi connectivity index (χ0v) is 12.7. The van der Waals surface area contributed by atoms with Crippen LogP contribution in [0.15, 0.2) is 24.3 Å². The Morgan fingerprint density at radius 3 is 2.67 bits per heavy atom. The van der Waals surface area contributed by atoms with Crippen molar-refractivity contribution in [1.29, 1.82) is 0 Å². The quantitative estimate of drug-likeness (QED) is 0.748. The molecule has 102 valence electrons. The summed E-state index contributed by atoms with van der Waals surface area (Å²) in [6.07, 6.45) is 1.25. The van der Waals surface area contributed by atoms with Crippen LogP contribution in [-0.2, 0) is 15.6 Å². The largest absolute Gasteiger partial charge is 0.315 e. The van der Waals surface area contributed by atoms with Gasteiger partial charge >= 0.3 is 0 Å². The van der Waals surface area contributed by atoms with Gasteiger partial charge in [-0.05, 0) is 11.6 Å². The van der Waals surface area contributed by atoms with Gasteiger partial charge in [0.1, 0.15) is 9.84 Å². The molecule has 1 aromatic carbocycles. The first-order valence-electron chi connectivity index (χ1n) is 5.68. The normalized spacial score (nSPS) is 11.7. The Morgan fingerprint density at radius 1 is 1.28 bits per heavy atom. The van der Waals surface area contributed by atoms with Crippen LogP contribution in [0.1, 0.15) is 5.56 Å². The molecule has 0 fully saturated rings. The minimum atomic E-state index is -2.85. The topological polar surface area (TPSA) is 46.2 Å². The van der Waals surface area contributed by atoms with E-state index in [1.54, 1.807) is 11.8 Å². The lowest BCUT2D eigenvalue weighted by Gasteiger charge is -2.05. The third kappa shape index (κ3) is 7.26. The van der Waals surface area contributed by atoms with Crippen molar-refractivity contribution < 1.29 is 8.42 Å². The van der Waals surface area contributed by atoms with Crippen LogP contribution in [0.5, 0.6) is 0 Å². The molecule has 0 aromatic heterocycles. The third-order valence-corrected chi connectivity index (χ3v) is 4.61. The molecule has 1 N–H and O–H groups in total. The maximum atomic E-state index is 10.9. The van der Waals surface area contributed by atoms with Crippen LogP contribution < -0.4 is 5.32 Å². The average molecular weight is 308 g/mol. The second kappa shape index (κ2) is 8.04. The Kier molecular flexibility index (Phi) is 7.07. The smallest absolute Gasteiger partial charge is 0.148 e. The molecule has 0 spiro atoms. The van der Waals surface area contributed by atoms with E-state index in [1.165, 1.54) is 6.26 Å². The first-order chi connectivity index (χ1) is 8.49. The molecule has 0 radical (unpaired) electrons. The first-order valence-corrected chi connectivity index (χ1v) is 9.28. The molecular formula is C12H18ClNO2S2. The summed E-state index contributed by atoms with van der Waals surface area (Å²) >= 11 is 7.82. The van der Waals surface area contributed by atoms with E-state index in [0.29, 0.717) is 6.54 Å². The number of thioether (sulfide) groups is 1. The molecule has 1 aromatic rings. The molecule has 1 rings (SSSR count). The summed E-state index contributed by atoms with van der Waals surface area (Å²) in [7, 11) is -2.85. The van der Waals surface area contributed by atoms with Gasteiger partial charge in [0.25, 0.3) is 0 Å². The van der Waals surface area contributed by atoms with Crippen LogP contribution in [0.3, 0.4) is 0 Å². The SMILES string of the molecule is CS(=O)(=O)CCNCCSCc1ccccc1Cl. The molecule has 0 aliphatic carbocycles. The van der Waals surface area contributed by atoms with E-state index in [2.05, 4.69) is 5.32 Å². The molecule has 6 heteroatoms. The monoisotopic (exact) mass is 307 g/mol. The van der Waals surface area contributed by atoms with Crippen LogP contribution in [-0.4, -0.2) is 39.3 Å². The summed E-state index contributed by atoms with van der Waals surface area (Å²) in [5.41, 5.74) is 1.14. The van der Waals surface area contributed by atoms with Crippen LogP contribution in [0, 0.1) is 0 Å². The highest BCUT2D eigenvalue weighted by atomic mass is 35.5. The predicted octanol–water partition coefficient (Wildman–Crippen LogP) is 2.21. The van der Waals surface area contributed by atoms with Crippen LogP contribution in [0.25, 0.3) is 0 Å². The Bertz CT molecular complexity index is 463. The van der Waals surface area contributed by atoms with E-state index in [9.17, 15) is 8.42 Å². The summed E-state index contributed by atoms with van der Waals surface area (Å²) in [5.74, 6) is 2.02. The Balaban J connectivity index is 2.08. The Labute approximate surface area is 118 Å². The molecule has 18 heavy (non-hydrogen) atoms. The molecule has 0 bridgehead atoms. The highest BCUT2D eigenvalue weighted by Gasteiger charge is 2.01. The minimum absolute atomic E-state index is 0.197. The van der Waals surface area contributed by atoms with Gasteiger partial charge in [0, 0.05) is 35.9 Å². The molecule has 0 atom stereocenters. The van der Waals surface area contributed by atoms with Crippen molar-refractivity contribution in [2.45, 2.75) is 5.75 Å². The molecule has 0 amide bonds. The van der Waals surface area contributed by atoms with Crippen LogP contribution in [0.2, 0.25) is 5.02 Å². The van der Waals surface area contributed by atoms with Gasteiger partial charge in [-0.2, -0.15) is 11.8 Å². The lowest BCUT2D eigenvalue weighted by molar-refractivity contribution is 0.598. The van der Waals surface area contributed by atoms with Crippen molar-refractivity contribution in [1.82, 2.24) is 5.32 Å². The highest BCUT2D eigenvalue weighted by Crippen LogP contribution is 2.20. The molecule has 0 aliphatic rings. The number of hydrogen-bond acceptors (Lipinski definition) is 4. The highest BCUT2D eigenvalue weighted by molar-refractivity contribution is 7.98. The van der Waals surface area contributed by atoms with E-state index in [1.807, 2.05) is 24.3 Å². The molecular weight excluding hydrogens is 290 g/mol. The van der Waals surface area contributed by atoms with Crippen molar-refractivity contribution in [3.63, 3.8) is 0 Å². The molecule has 0 aliphatic heterocycles. The van der Waals surface area contributed by atoms with Crippen molar-refractivity contribution in [2.75, 3.05) is 30.9 Å². The van der Waals surface area contributed by atoms with E-state index < -0.39 is 9.84 Å². The van der Waals surface area contributed by atoms with Gasteiger partial charge in [-0.1, -0.05) is 29.8 Å². The lowest BCUT2D eigenvalue weighted by atomic mass is 10.2. The van der Waals surface area contributed by atoms with E-state index in [0.717, 1.165) is 28.6 Å². The van der Waals surface area contributed by atoms with Crippen LogP contribution >= 0.6 is 23.4 Å². The molecule has 0 unspecified atom stereocenters. The molecule has 0 saturated carbocycles. The summed E-state index contributed by atoms with van der Waals surface area (Å²) in [6, 6.07) is 7.81. The van der Waals surface area contributed by atoms with E-state index >= 15 is 0 Å². The number of rotatable bonds is 8. The zero-order valence-electron chi connectivity index (χ0n) is 10.4. The second-order valence-corrected chi connectivity index (χ2v) is 7.80. The van der Waals surface area contributed by atoms with Crippen molar-refractivity contribution in [3.05, 3.63) is 34.9 Å². The fourth-order valence-electron chi connectivity index (χ4n) is 1.32. The molecule has 3 nitrogen and oxygen atoms in total. The van der Waals surface area contributed by atoms with Crippen LogP contribution in [0.4, 0.5) is 0 Å².